The van der Waals surface area contributed by atoms with Crippen LogP contribution in [0.5, 0.6) is 0 Å². The van der Waals surface area contributed by atoms with Crippen molar-refractivity contribution in [1.82, 2.24) is 19.7 Å². The molecule has 1 amide bonds. The highest BCUT2D eigenvalue weighted by Gasteiger charge is 2.26. The Morgan fingerprint density at radius 1 is 1.13 bits per heavy atom. The van der Waals surface area contributed by atoms with Gasteiger partial charge in [0, 0.05) is 24.9 Å². The van der Waals surface area contributed by atoms with Gasteiger partial charge < -0.3 is 4.90 Å². The number of benzene rings is 2. The lowest BCUT2D eigenvalue weighted by Crippen LogP contribution is -2.32. The number of pyridine rings is 2. The van der Waals surface area contributed by atoms with Crippen LogP contribution < -0.4 is 4.90 Å². The van der Waals surface area contributed by atoms with E-state index in [1.807, 2.05) is 25.2 Å². The number of carbonyl (C=O) groups excluding carboxylic acids is 1. The van der Waals surface area contributed by atoms with Crippen molar-refractivity contribution in [2.75, 3.05) is 11.2 Å². The van der Waals surface area contributed by atoms with Gasteiger partial charge in [0.2, 0.25) is 0 Å². The minimum absolute atomic E-state index is 0.0135. The first kappa shape index (κ1) is 25.4. The van der Waals surface area contributed by atoms with Crippen LogP contribution in [-0.4, -0.2) is 40.3 Å². The zero-order chi connectivity index (χ0) is 27.2. The molecule has 0 spiro atoms. The fourth-order valence-corrected chi connectivity index (χ4v) is 5.61. The quantitative estimate of drug-likeness (QED) is 0.274. The minimum Gasteiger partial charge on any atom is -0.303 e. The van der Waals surface area contributed by atoms with Crippen molar-refractivity contribution in [1.29, 1.82) is 5.26 Å². The van der Waals surface area contributed by atoms with E-state index in [0.29, 0.717) is 15.7 Å². The zero-order valence-electron chi connectivity index (χ0n) is 20.1. The van der Waals surface area contributed by atoms with Crippen molar-refractivity contribution in [3.63, 3.8) is 0 Å². The highest BCUT2D eigenvalue weighted by atomic mass is 79.9. The molecule has 3 heterocycles. The third-order valence-corrected chi connectivity index (χ3v) is 7.75. The Bertz CT molecular complexity index is 1900. The monoisotopic (exact) mass is 592 g/mol. The van der Waals surface area contributed by atoms with E-state index in [2.05, 4.69) is 31.0 Å². The van der Waals surface area contributed by atoms with Gasteiger partial charge in [0.25, 0.3) is 5.91 Å². The second-order valence-corrected chi connectivity index (χ2v) is 11.3. The van der Waals surface area contributed by atoms with Crippen LogP contribution in [0.1, 0.15) is 21.6 Å². The van der Waals surface area contributed by atoms with Gasteiger partial charge in [0.1, 0.15) is 22.2 Å². The minimum atomic E-state index is -3.90. The van der Waals surface area contributed by atoms with Gasteiger partial charge in [0.15, 0.2) is 9.84 Å². The van der Waals surface area contributed by atoms with Crippen LogP contribution in [0.15, 0.2) is 70.4 Å². The first-order valence-electron chi connectivity index (χ1n) is 11.1. The number of nitriles is 1. The summed E-state index contributed by atoms with van der Waals surface area (Å²) in [6.45, 7) is -0.0500. The van der Waals surface area contributed by atoms with Gasteiger partial charge in [-0.25, -0.2) is 22.8 Å². The number of halogens is 2. The zero-order valence-corrected chi connectivity index (χ0v) is 22.5. The standard InChI is InChI=1S/C26H18BrFN6O3S/c1-33-24-19-7-3-15(9-21(19)32-25(27)20(24)13-31-33)14-34(26(35)16-4-6-18(11-29)30-12-16)22-8-5-17(28)10-23(22)38(2,36)37/h3-10,12-13H,14H2,1-2H3. The molecule has 0 saturated heterocycles. The van der Waals surface area contributed by atoms with E-state index in [4.69, 9.17) is 5.26 Å². The highest BCUT2D eigenvalue weighted by molar-refractivity contribution is 9.10. The summed E-state index contributed by atoms with van der Waals surface area (Å²) < 4.78 is 41.6. The van der Waals surface area contributed by atoms with Gasteiger partial charge in [-0.15, -0.1) is 0 Å². The Kier molecular flexibility index (Phi) is 6.42. The first-order valence-corrected chi connectivity index (χ1v) is 13.8. The van der Waals surface area contributed by atoms with Crippen LogP contribution in [0.2, 0.25) is 0 Å². The van der Waals surface area contributed by atoms with Gasteiger partial charge in [-0.2, -0.15) is 10.4 Å². The molecule has 38 heavy (non-hydrogen) atoms. The molecule has 0 aliphatic rings. The molecule has 0 bridgehead atoms. The van der Waals surface area contributed by atoms with E-state index < -0.39 is 21.6 Å². The van der Waals surface area contributed by atoms with Crippen molar-refractivity contribution >= 4 is 59.2 Å². The normalized spacial score (nSPS) is 11.6. The van der Waals surface area contributed by atoms with Gasteiger partial charge in [0.05, 0.1) is 45.3 Å². The maximum atomic E-state index is 14.1. The third-order valence-electron chi connectivity index (χ3n) is 6.02. The van der Waals surface area contributed by atoms with Gasteiger partial charge in [-0.3, -0.25) is 9.48 Å². The van der Waals surface area contributed by atoms with Crippen LogP contribution >= 0.6 is 15.9 Å². The molecule has 9 nitrogen and oxygen atoms in total. The number of fused-ring (bicyclic) bond motifs is 3. The number of carbonyl (C=O) groups is 1. The van der Waals surface area contributed by atoms with Gasteiger partial charge in [-0.1, -0.05) is 12.1 Å². The molecule has 0 aliphatic carbocycles. The van der Waals surface area contributed by atoms with E-state index in [1.165, 1.54) is 29.3 Å². The SMILES string of the molecule is Cn1ncc2c(Br)nc3cc(CN(C(=O)c4ccc(C#N)nc4)c4ccc(F)cc4S(C)(=O)=O)ccc3c21. The van der Waals surface area contributed by atoms with E-state index in [1.54, 1.807) is 16.9 Å². The average Bonchev–Trinajstić information content (AvgIpc) is 3.29. The lowest BCUT2D eigenvalue weighted by Gasteiger charge is -2.25. The predicted molar refractivity (Wildman–Crippen MR) is 143 cm³/mol. The van der Waals surface area contributed by atoms with Gasteiger partial charge >= 0.3 is 0 Å². The summed E-state index contributed by atoms with van der Waals surface area (Å²) >= 11 is 3.49. The fourth-order valence-electron chi connectivity index (χ4n) is 4.24. The van der Waals surface area contributed by atoms with Crippen LogP contribution in [0, 0.1) is 17.1 Å². The van der Waals surface area contributed by atoms with E-state index in [0.717, 1.165) is 34.7 Å². The van der Waals surface area contributed by atoms with Crippen LogP contribution in [-0.2, 0) is 23.4 Å². The number of nitrogens with zero attached hydrogens (tertiary/aromatic N) is 6. The molecule has 12 heteroatoms. The second kappa shape index (κ2) is 9.59. The summed E-state index contributed by atoms with van der Waals surface area (Å²) in [5.74, 6) is -1.32. The molecule has 0 radical (unpaired) electrons. The number of rotatable bonds is 5. The summed E-state index contributed by atoms with van der Waals surface area (Å²) in [6.07, 6.45) is 3.91. The maximum Gasteiger partial charge on any atom is 0.260 e. The number of anilines is 1. The molecule has 5 aromatic rings. The van der Waals surface area contributed by atoms with Crippen molar-refractivity contribution in [3.05, 3.63) is 88.2 Å². The molecule has 0 saturated carbocycles. The van der Waals surface area contributed by atoms with Gasteiger partial charge in [-0.05, 0) is 57.9 Å². The lowest BCUT2D eigenvalue weighted by atomic mass is 10.1. The second-order valence-electron chi connectivity index (χ2n) is 8.60. The van der Waals surface area contributed by atoms with E-state index in [-0.39, 0.29) is 28.4 Å². The molecule has 0 fully saturated rings. The van der Waals surface area contributed by atoms with Crippen LogP contribution in [0.4, 0.5) is 10.1 Å². The number of hydrogen-bond donors (Lipinski definition) is 0. The maximum absolute atomic E-state index is 14.1. The molecule has 2 aromatic carbocycles. The highest BCUT2D eigenvalue weighted by Crippen LogP contribution is 2.32. The predicted octanol–water partition coefficient (Wildman–Crippen LogP) is 4.54. The van der Waals surface area contributed by atoms with Crippen LogP contribution in [0.3, 0.4) is 0 Å². The molecular weight excluding hydrogens is 575 g/mol. The fraction of sp³-hybridized carbons (Fsp3) is 0.115. The molecule has 0 atom stereocenters. The summed E-state index contributed by atoms with van der Waals surface area (Å²) in [5.41, 5.74) is 2.44. The third kappa shape index (κ3) is 4.62. The first-order chi connectivity index (χ1) is 18.1. The molecule has 190 valence electrons. The summed E-state index contributed by atoms with van der Waals surface area (Å²) in [7, 11) is -2.07. The number of hydrogen-bond acceptors (Lipinski definition) is 7. The number of amides is 1. The number of aromatic nitrogens is 4. The Morgan fingerprint density at radius 2 is 1.92 bits per heavy atom. The van der Waals surface area contributed by atoms with Crippen molar-refractivity contribution in [3.8, 4) is 6.07 Å². The summed E-state index contributed by atoms with van der Waals surface area (Å²) in [6, 6.07) is 13.4. The Labute approximate surface area is 225 Å². The molecule has 0 aliphatic heterocycles. The summed E-state index contributed by atoms with van der Waals surface area (Å²) in [4.78, 5) is 23.2. The molecular formula is C26H18BrFN6O3S. The topological polar surface area (TPSA) is 122 Å². The Balaban J connectivity index is 1.66. The lowest BCUT2D eigenvalue weighted by molar-refractivity contribution is 0.0984. The molecule has 5 rings (SSSR count). The summed E-state index contributed by atoms with van der Waals surface area (Å²) in [5, 5.41) is 15.1. The van der Waals surface area contributed by atoms with Crippen molar-refractivity contribution in [2.45, 2.75) is 11.4 Å². The van der Waals surface area contributed by atoms with Crippen LogP contribution in [0.25, 0.3) is 21.8 Å². The van der Waals surface area contributed by atoms with E-state index >= 15 is 0 Å². The Hall–Kier alpha value is -4.21. The van der Waals surface area contributed by atoms with Crippen molar-refractivity contribution in [2.24, 2.45) is 7.05 Å². The molecule has 0 N–H and O–H groups in total. The number of sulfone groups is 1. The number of aryl methyl sites for hydroxylation is 1. The smallest absolute Gasteiger partial charge is 0.260 e. The molecule has 3 aromatic heterocycles. The largest absolute Gasteiger partial charge is 0.303 e. The average molecular weight is 593 g/mol. The van der Waals surface area contributed by atoms with E-state index in [9.17, 15) is 17.6 Å². The Morgan fingerprint density at radius 3 is 2.61 bits per heavy atom. The van der Waals surface area contributed by atoms with Crippen molar-refractivity contribution < 1.29 is 17.6 Å². The molecule has 0 unspecified atom stereocenters.